The topological polar surface area (TPSA) is 20.3 Å². The minimum Gasteiger partial charge on any atom is -0.312 e. The number of nitrogens with zero attached hydrogens (tertiary/aromatic N) is 1. The molecule has 0 saturated heterocycles. The second kappa shape index (κ2) is 8.01. The molecule has 1 amide bonds. The first-order chi connectivity index (χ1) is 9.72. The Bertz CT molecular complexity index is 458. The number of halogens is 1. The summed E-state index contributed by atoms with van der Waals surface area (Å²) in [7, 11) is 0. The summed E-state index contributed by atoms with van der Waals surface area (Å²) in [5, 5.41) is 0. The number of unbranched alkanes of at least 4 members (excludes halogenated alkanes) is 6. The van der Waals surface area contributed by atoms with Gasteiger partial charge in [0.25, 0.3) is 0 Å². The van der Waals surface area contributed by atoms with Gasteiger partial charge in [0.1, 0.15) is 0 Å². The number of anilines is 1. The number of rotatable bonds is 8. The van der Waals surface area contributed by atoms with Crippen LogP contribution in [-0.2, 0) is 11.2 Å². The van der Waals surface area contributed by atoms with E-state index in [4.69, 9.17) is 0 Å². The third-order valence-corrected chi connectivity index (χ3v) is 4.63. The molecule has 0 atom stereocenters. The van der Waals surface area contributed by atoms with Crippen molar-refractivity contribution in [3.63, 3.8) is 0 Å². The van der Waals surface area contributed by atoms with E-state index >= 15 is 0 Å². The van der Waals surface area contributed by atoms with Crippen LogP contribution in [0.4, 0.5) is 5.69 Å². The van der Waals surface area contributed by atoms with E-state index in [9.17, 15) is 4.79 Å². The van der Waals surface area contributed by atoms with Gasteiger partial charge in [-0.2, -0.15) is 0 Å². The summed E-state index contributed by atoms with van der Waals surface area (Å²) < 4.78 is 1.21. The number of benzene rings is 1. The molecule has 2 nitrogen and oxygen atoms in total. The first-order valence-electron chi connectivity index (χ1n) is 7.81. The quantitative estimate of drug-likeness (QED) is 0.459. The number of amides is 1. The van der Waals surface area contributed by atoms with E-state index in [0.29, 0.717) is 6.42 Å². The second-order valence-corrected chi connectivity index (χ2v) is 6.86. The third kappa shape index (κ3) is 4.21. The summed E-state index contributed by atoms with van der Waals surface area (Å²) in [5.74, 6) is 0.271. The van der Waals surface area contributed by atoms with Gasteiger partial charge < -0.3 is 4.90 Å². The highest BCUT2D eigenvalue weighted by Gasteiger charge is 2.26. The van der Waals surface area contributed by atoms with Crippen LogP contribution in [0.3, 0.4) is 0 Å². The van der Waals surface area contributed by atoms with Crippen molar-refractivity contribution in [2.75, 3.05) is 11.4 Å². The van der Waals surface area contributed by atoms with Crippen molar-refractivity contribution < 1.29 is 4.79 Å². The summed E-state index contributed by atoms with van der Waals surface area (Å²) in [6.45, 7) is 3.14. The standard InChI is InChI=1S/C17H24INO/c1-2-3-4-5-6-7-8-11-19-16-10-9-15(18)12-14(16)13-17(19)20/h9-10,12H,2-8,11,13H2,1H3. The van der Waals surface area contributed by atoms with Crippen LogP contribution in [0.2, 0.25) is 0 Å². The Kier molecular flexibility index (Phi) is 6.33. The first kappa shape index (κ1) is 15.8. The van der Waals surface area contributed by atoms with Crippen LogP contribution < -0.4 is 4.90 Å². The van der Waals surface area contributed by atoms with E-state index < -0.39 is 0 Å². The number of carbonyl (C=O) groups is 1. The van der Waals surface area contributed by atoms with Crippen LogP contribution in [0.15, 0.2) is 18.2 Å². The molecule has 1 aliphatic rings. The Labute approximate surface area is 136 Å². The highest BCUT2D eigenvalue weighted by molar-refractivity contribution is 14.1. The fraction of sp³-hybridized carbons (Fsp3) is 0.588. The van der Waals surface area contributed by atoms with Crippen LogP contribution in [0.5, 0.6) is 0 Å². The molecule has 0 N–H and O–H groups in total. The summed E-state index contributed by atoms with van der Waals surface area (Å²) in [6.07, 6.45) is 9.63. The molecule has 0 aliphatic carbocycles. The molecule has 1 aliphatic heterocycles. The molecule has 0 saturated carbocycles. The van der Waals surface area contributed by atoms with E-state index in [1.165, 1.54) is 47.7 Å². The van der Waals surface area contributed by atoms with Gasteiger partial charge in [-0.1, -0.05) is 45.4 Å². The molecule has 1 heterocycles. The SMILES string of the molecule is CCCCCCCCCN1C(=O)Cc2cc(I)ccc21. The molecule has 20 heavy (non-hydrogen) atoms. The van der Waals surface area contributed by atoms with Gasteiger partial charge in [-0.25, -0.2) is 0 Å². The Morgan fingerprint density at radius 1 is 1.10 bits per heavy atom. The summed E-state index contributed by atoms with van der Waals surface area (Å²) >= 11 is 2.31. The van der Waals surface area contributed by atoms with Crippen molar-refractivity contribution in [2.45, 2.75) is 58.3 Å². The van der Waals surface area contributed by atoms with E-state index in [0.717, 1.165) is 18.7 Å². The summed E-state index contributed by atoms with van der Waals surface area (Å²) in [6, 6.07) is 6.33. The molecule has 0 fully saturated rings. The van der Waals surface area contributed by atoms with Gasteiger partial charge >= 0.3 is 0 Å². The third-order valence-electron chi connectivity index (χ3n) is 3.96. The predicted molar refractivity (Wildman–Crippen MR) is 93.2 cm³/mol. The Morgan fingerprint density at radius 2 is 1.80 bits per heavy atom. The lowest BCUT2D eigenvalue weighted by atomic mass is 10.1. The normalized spacial score (nSPS) is 13.9. The van der Waals surface area contributed by atoms with Crippen molar-refractivity contribution in [1.82, 2.24) is 0 Å². The molecule has 1 aromatic rings. The molecular formula is C17H24INO. The van der Waals surface area contributed by atoms with E-state index in [1.807, 2.05) is 4.90 Å². The molecule has 3 heteroatoms. The van der Waals surface area contributed by atoms with Crippen LogP contribution in [0.25, 0.3) is 0 Å². The van der Waals surface area contributed by atoms with Crippen molar-refractivity contribution in [3.05, 3.63) is 27.3 Å². The fourth-order valence-corrected chi connectivity index (χ4v) is 3.38. The van der Waals surface area contributed by atoms with Gasteiger partial charge in [0.15, 0.2) is 0 Å². The number of hydrogen-bond acceptors (Lipinski definition) is 1. The lowest BCUT2D eigenvalue weighted by Crippen LogP contribution is -2.27. The largest absolute Gasteiger partial charge is 0.312 e. The highest BCUT2D eigenvalue weighted by Crippen LogP contribution is 2.30. The summed E-state index contributed by atoms with van der Waals surface area (Å²) in [5.41, 5.74) is 2.34. The van der Waals surface area contributed by atoms with Crippen molar-refractivity contribution in [1.29, 1.82) is 0 Å². The zero-order valence-corrected chi connectivity index (χ0v) is 14.5. The van der Waals surface area contributed by atoms with Gasteiger partial charge in [0.2, 0.25) is 5.91 Å². The molecule has 0 aromatic heterocycles. The molecule has 110 valence electrons. The van der Waals surface area contributed by atoms with Crippen molar-refractivity contribution in [2.24, 2.45) is 0 Å². The Balaban J connectivity index is 1.75. The first-order valence-corrected chi connectivity index (χ1v) is 8.89. The minimum atomic E-state index is 0.271. The van der Waals surface area contributed by atoms with Gasteiger partial charge in [0.05, 0.1) is 6.42 Å². The maximum Gasteiger partial charge on any atom is 0.231 e. The van der Waals surface area contributed by atoms with Gasteiger partial charge in [-0.15, -0.1) is 0 Å². The van der Waals surface area contributed by atoms with Crippen LogP contribution in [0.1, 0.15) is 57.4 Å². The highest BCUT2D eigenvalue weighted by atomic mass is 127. The lowest BCUT2D eigenvalue weighted by Gasteiger charge is -2.17. The molecule has 0 bridgehead atoms. The Hall–Kier alpha value is -0.580. The summed E-state index contributed by atoms with van der Waals surface area (Å²) in [4.78, 5) is 14.1. The van der Waals surface area contributed by atoms with Crippen molar-refractivity contribution >= 4 is 34.2 Å². The smallest absolute Gasteiger partial charge is 0.231 e. The molecule has 2 rings (SSSR count). The van der Waals surface area contributed by atoms with Crippen LogP contribution >= 0.6 is 22.6 Å². The second-order valence-electron chi connectivity index (χ2n) is 5.62. The van der Waals surface area contributed by atoms with Gasteiger partial charge in [-0.05, 0) is 52.8 Å². The maximum absolute atomic E-state index is 12.1. The number of hydrogen-bond donors (Lipinski definition) is 0. The Morgan fingerprint density at radius 3 is 2.55 bits per heavy atom. The minimum absolute atomic E-state index is 0.271. The molecule has 0 unspecified atom stereocenters. The fourth-order valence-electron chi connectivity index (χ4n) is 2.82. The van der Waals surface area contributed by atoms with E-state index in [-0.39, 0.29) is 5.91 Å². The number of fused-ring (bicyclic) bond motifs is 1. The monoisotopic (exact) mass is 385 g/mol. The van der Waals surface area contributed by atoms with E-state index in [2.05, 4.69) is 47.7 Å². The van der Waals surface area contributed by atoms with E-state index in [1.54, 1.807) is 0 Å². The molecule has 1 aromatic carbocycles. The number of carbonyl (C=O) groups excluding carboxylic acids is 1. The molecule has 0 radical (unpaired) electrons. The van der Waals surface area contributed by atoms with Gasteiger partial charge in [-0.3, -0.25) is 4.79 Å². The maximum atomic E-state index is 12.1. The lowest BCUT2D eigenvalue weighted by molar-refractivity contribution is -0.117. The average Bonchev–Trinajstić information content (AvgIpc) is 2.73. The zero-order valence-electron chi connectivity index (χ0n) is 12.3. The van der Waals surface area contributed by atoms with Gasteiger partial charge in [0, 0.05) is 15.8 Å². The van der Waals surface area contributed by atoms with Crippen LogP contribution in [0, 0.1) is 3.57 Å². The average molecular weight is 385 g/mol. The van der Waals surface area contributed by atoms with Crippen LogP contribution in [-0.4, -0.2) is 12.5 Å². The zero-order chi connectivity index (χ0) is 14.4. The van der Waals surface area contributed by atoms with Crippen molar-refractivity contribution in [3.8, 4) is 0 Å². The predicted octanol–water partition coefficient (Wildman–Crippen LogP) is 4.93. The molecule has 0 spiro atoms. The molecular weight excluding hydrogens is 361 g/mol.